The summed E-state index contributed by atoms with van der Waals surface area (Å²) in [6.07, 6.45) is 0. The molecule has 0 spiro atoms. The number of anilines is 2. The third kappa shape index (κ3) is 2.54. The maximum absolute atomic E-state index is 13.4. The zero-order chi connectivity index (χ0) is 15.6. The van der Waals surface area contributed by atoms with Crippen LogP contribution in [0.15, 0.2) is 48.5 Å². The molecule has 0 bridgehead atoms. The van der Waals surface area contributed by atoms with Gasteiger partial charge in [0.2, 0.25) is 0 Å². The number of nitrogens with one attached hydrogen (secondary N) is 1. The van der Waals surface area contributed by atoms with E-state index >= 15 is 0 Å². The fourth-order valence-corrected chi connectivity index (χ4v) is 4.68. The summed E-state index contributed by atoms with van der Waals surface area (Å²) >= 11 is 0. The molecule has 116 valence electrons. The second-order valence-corrected chi connectivity index (χ2v) is 6.86. The van der Waals surface area contributed by atoms with Crippen molar-refractivity contribution in [2.75, 3.05) is 18.5 Å². The topological polar surface area (TPSA) is 47.6 Å². The lowest BCUT2D eigenvalue weighted by Crippen LogP contribution is -2.16. The normalized spacial score (nSPS) is 13.3. The zero-order valence-electron chi connectivity index (χ0n) is 12.7. The molecule has 4 nitrogen and oxygen atoms in total. The van der Waals surface area contributed by atoms with Crippen molar-refractivity contribution < 1.29 is 13.6 Å². The van der Waals surface area contributed by atoms with Gasteiger partial charge in [0, 0.05) is 5.66 Å². The predicted octanol–water partition coefficient (Wildman–Crippen LogP) is 4.94. The molecular formula is C17H19NO3P-. The summed E-state index contributed by atoms with van der Waals surface area (Å²) in [5, 5.41) is 3.37. The van der Waals surface area contributed by atoms with Gasteiger partial charge in [-0.3, -0.25) is 4.57 Å². The van der Waals surface area contributed by atoms with Crippen molar-refractivity contribution in [1.82, 2.24) is 0 Å². The van der Waals surface area contributed by atoms with E-state index < -0.39 is 7.60 Å². The fraction of sp³-hybridized carbons (Fsp3) is 0.235. The molecule has 0 saturated heterocycles. The number of fused-ring (bicyclic) bond motifs is 2. The zero-order valence-corrected chi connectivity index (χ0v) is 13.6. The van der Waals surface area contributed by atoms with Gasteiger partial charge in [-0.15, -0.1) is 12.1 Å². The van der Waals surface area contributed by atoms with E-state index in [2.05, 4.69) is 5.32 Å². The molecule has 2 aromatic rings. The summed E-state index contributed by atoms with van der Waals surface area (Å²) in [4.78, 5) is 0. The Labute approximate surface area is 131 Å². The first-order valence-electron chi connectivity index (χ1n) is 7.42. The second-order valence-electron chi connectivity index (χ2n) is 4.90. The summed E-state index contributed by atoms with van der Waals surface area (Å²) in [5.41, 5.74) is 4.20. The highest BCUT2D eigenvalue weighted by atomic mass is 31.2. The lowest BCUT2D eigenvalue weighted by Gasteiger charge is -2.39. The SMILES string of the molecule is CCOP(=O)(OCC)[C-]1c2ccccc2Nc2ccccc21. The highest BCUT2D eigenvalue weighted by Gasteiger charge is 2.37. The third-order valence-corrected chi connectivity index (χ3v) is 5.73. The molecule has 0 amide bonds. The summed E-state index contributed by atoms with van der Waals surface area (Å²) < 4.78 is 24.6. The van der Waals surface area contributed by atoms with Crippen molar-refractivity contribution in [3.63, 3.8) is 0 Å². The minimum absolute atomic E-state index is 0.332. The van der Waals surface area contributed by atoms with E-state index in [9.17, 15) is 4.57 Å². The van der Waals surface area contributed by atoms with Crippen molar-refractivity contribution in [3.05, 3.63) is 65.3 Å². The largest absolute Gasteiger partial charge is 0.418 e. The van der Waals surface area contributed by atoms with E-state index in [4.69, 9.17) is 9.05 Å². The number of para-hydroxylation sites is 2. The molecule has 3 rings (SSSR count). The van der Waals surface area contributed by atoms with Crippen molar-refractivity contribution in [2.24, 2.45) is 0 Å². The standard InChI is InChI=1S/C17H19NO3P/c1-3-20-22(19,21-4-2)17-13-9-5-7-11-15(13)18-16-12-8-6-10-14(16)17/h5-12,18H,3-4H2,1-2H3/q-1. The van der Waals surface area contributed by atoms with E-state index in [0.717, 1.165) is 22.5 Å². The molecule has 1 aliphatic rings. The first-order chi connectivity index (χ1) is 10.7. The quantitative estimate of drug-likeness (QED) is 0.627. The molecule has 1 heterocycles. The van der Waals surface area contributed by atoms with E-state index in [-0.39, 0.29) is 0 Å². The minimum atomic E-state index is -3.38. The number of benzene rings is 2. The molecule has 0 radical (unpaired) electrons. The molecule has 1 N–H and O–H groups in total. The van der Waals surface area contributed by atoms with Crippen LogP contribution in [-0.4, -0.2) is 13.2 Å². The van der Waals surface area contributed by atoms with Gasteiger partial charge in [-0.05, 0) is 25.2 Å². The van der Waals surface area contributed by atoms with Crippen LogP contribution in [0.2, 0.25) is 0 Å². The van der Waals surface area contributed by atoms with Crippen molar-refractivity contribution in [2.45, 2.75) is 13.8 Å². The molecule has 0 atom stereocenters. The van der Waals surface area contributed by atoms with Gasteiger partial charge in [0.15, 0.2) is 0 Å². The maximum Gasteiger partial charge on any atom is 0.329 e. The van der Waals surface area contributed by atoms with Crippen molar-refractivity contribution in [3.8, 4) is 0 Å². The Balaban J connectivity index is 2.19. The molecule has 1 aliphatic heterocycles. The Morgan fingerprint density at radius 3 is 1.82 bits per heavy atom. The lowest BCUT2D eigenvalue weighted by atomic mass is 9.97. The van der Waals surface area contributed by atoms with Gasteiger partial charge in [0.1, 0.15) is 0 Å². The molecular weight excluding hydrogens is 297 g/mol. The van der Waals surface area contributed by atoms with Crippen LogP contribution in [0, 0.1) is 5.66 Å². The van der Waals surface area contributed by atoms with Gasteiger partial charge in [0.25, 0.3) is 0 Å². The van der Waals surface area contributed by atoms with Crippen LogP contribution >= 0.6 is 7.60 Å². The monoisotopic (exact) mass is 316 g/mol. The molecule has 0 fully saturated rings. The Morgan fingerprint density at radius 2 is 1.36 bits per heavy atom. The van der Waals surface area contributed by atoms with Gasteiger partial charge in [-0.1, -0.05) is 47.5 Å². The molecule has 5 heteroatoms. The van der Waals surface area contributed by atoms with E-state index in [1.807, 2.05) is 62.4 Å². The maximum atomic E-state index is 13.4. The van der Waals surface area contributed by atoms with Gasteiger partial charge in [-0.2, -0.15) is 0 Å². The first kappa shape index (κ1) is 15.2. The van der Waals surface area contributed by atoms with Gasteiger partial charge in [-0.25, -0.2) is 0 Å². The van der Waals surface area contributed by atoms with E-state index in [1.165, 1.54) is 0 Å². The number of rotatable bonds is 5. The summed E-state index contributed by atoms with van der Waals surface area (Å²) in [7, 11) is -3.38. The summed E-state index contributed by atoms with van der Waals surface area (Å²) in [6, 6.07) is 15.6. The predicted molar refractivity (Wildman–Crippen MR) is 88.5 cm³/mol. The number of hydrogen-bond donors (Lipinski definition) is 1. The van der Waals surface area contributed by atoms with Gasteiger partial charge in [0.05, 0.1) is 13.2 Å². The average Bonchev–Trinajstić information content (AvgIpc) is 2.52. The summed E-state index contributed by atoms with van der Waals surface area (Å²) in [5.74, 6) is 0. The van der Waals surface area contributed by atoms with Crippen molar-refractivity contribution >= 4 is 19.0 Å². The minimum Gasteiger partial charge on any atom is -0.418 e. The second kappa shape index (κ2) is 6.17. The van der Waals surface area contributed by atoms with E-state index in [1.54, 1.807) is 0 Å². The Kier molecular flexibility index (Phi) is 4.25. The fourth-order valence-electron chi connectivity index (χ4n) is 2.69. The molecule has 0 aromatic heterocycles. The van der Waals surface area contributed by atoms with E-state index in [0.29, 0.717) is 18.9 Å². The Bertz CT molecular complexity index is 661. The Hall–Kier alpha value is -1.74. The van der Waals surface area contributed by atoms with Crippen LogP contribution in [0.4, 0.5) is 11.4 Å². The van der Waals surface area contributed by atoms with Gasteiger partial charge >= 0.3 is 7.60 Å². The smallest absolute Gasteiger partial charge is 0.329 e. The molecule has 22 heavy (non-hydrogen) atoms. The highest BCUT2D eigenvalue weighted by molar-refractivity contribution is 7.58. The van der Waals surface area contributed by atoms with Crippen LogP contribution in [0.25, 0.3) is 0 Å². The third-order valence-electron chi connectivity index (χ3n) is 3.51. The Morgan fingerprint density at radius 1 is 0.909 bits per heavy atom. The molecule has 0 unspecified atom stereocenters. The lowest BCUT2D eigenvalue weighted by molar-refractivity contribution is 0.223. The van der Waals surface area contributed by atoms with Crippen LogP contribution in [0.3, 0.4) is 0 Å². The molecule has 2 aromatic carbocycles. The van der Waals surface area contributed by atoms with Crippen molar-refractivity contribution in [1.29, 1.82) is 0 Å². The van der Waals surface area contributed by atoms with Crippen LogP contribution in [0.5, 0.6) is 0 Å². The van der Waals surface area contributed by atoms with Gasteiger partial charge < -0.3 is 14.4 Å². The molecule has 0 saturated carbocycles. The highest BCUT2D eigenvalue weighted by Crippen LogP contribution is 2.66. The van der Waals surface area contributed by atoms with Crippen LogP contribution in [0.1, 0.15) is 25.0 Å². The average molecular weight is 316 g/mol. The number of hydrogen-bond acceptors (Lipinski definition) is 4. The van der Waals surface area contributed by atoms with Crippen LogP contribution < -0.4 is 5.32 Å². The van der Waals surface area contributed by atoms with Crippen LogP contribution in [-0.2, 0) is 13.6 Å². The summed E-state index contributed by atoms with van der Waals surface area (Å²) in [6.45, 7) is 4.31. The first-order valence-corrected chi connectivity index (χ1v) is 8.96. The molecule has 0 aliphatic carbocycles.